The van der Waals surface area contributed by atoms with Crippen molar-refractivity contribution in [2.75, 3.05) is 26.4 Å². The lowest BCUT2D eigenvalue weighted by molar-refractivity contribution is -0.162. The molecule has 0 radical (unpaired) electrons. The Morgan fingerprint density at radius 2 is 0.971 bits per heavy atom. The Labute approximate surface area is 215 Å². The van der Waals surface area contributed by atoms with E-state index in [-0.39, 0.29) is 12.6 Å². The maximum atomic E-state index is 12.0. The van der Waals surface area contributed by atoms with Gasteiger partial charge < -0.3 is 19.7 Å². The maximum Gasteiger partial charge on any atom is 0.316 e. The molecule has 0 amide bonds. The average Bonchev–Trinajstić information content (AvgIpc) is 2.87. The molecule has 0 fully saturated rings. The standard InChI is InChI=1S/C29H56O6/c1-3-5-6-7-8-9-10-11-12-13-14-15-16-17-20-23-34-27(32)22-19-18-21-24-35-28(33)29(4-2,25-30)26-31/h30-31H,3-26H2,1-2H3. The van der Waals surface area contributed by atoms with E-state index in [4.69, 9.17) is 9.47 Å². The van der Waals surface area contributed by atoms with E-state index in [1.807, 2.05) is 0 Å². The zero-order valence-electron chi connectivity index (χ0n) is 23.0. The molecule has 0 bridgehead atoms. The molecule has 0 aliphatic heterocycles. The molecule has 2 N–H and O–H groups in total. The van der Waals surface area contributed by atoms with E-state index in [0.29, 0.717) is 32.3 Å². The minimum atomic E-state index is -1.21. The van der Waals surface area contributed by atoms with E-state index in [1.54, 1.807) is 6.92 Å². The molecule has 0 aliphatic rings. The van der Waals surface area contributed by atoms with Crippen LogP contribution >= 0.6 is 0 Å². The fraction of sp³-hybridized carbons (Fsp3) is 0.931. The lowest BCUT2D eigenvalue weighted by Crippen LogP contribution is -2.39. The minimum Gasteiger partial charge on any atom is -0.466 e. The third-order valence-electron chi connectivity index (χ3n) is 6.98. The topological polar surface area (TPSA) is 93.1 Å². The largest absolute Gasteiger partial charge is 0.466 e. The number of aliphatic hydroxyl groups excluding tert-OH is 2. The van der Waals surface area contributed by atoms with Crippen LogP contribution in [0.4, 0.5) is 0 Å². The molecule has 0 atom stereocenters. The predicted molar refractivity (Wildman–Crippen MR) is 142 cm³/mol. The van der Waals surface area contributed by atoms with Gasteiger partial charge in [0.05, 0.1) is 26.4 Å². The first-order chi connectivity index (χ1) is 17.1. The number of carbonyl (C=O) groups is 2. The fourth-order valence-electron chi connectivity index (χ4n) is 4.14. The van der Waals surface area contributed by atoms with E-state index in [1.165, 1.54) is 83.5 Å². The number of rotatable bonds is 26. The SMILES string of the molecule is CCCCCCCCCCCCCCCCCOC(=O)CCCCCOC(=O)C(CC)(CO)CO. The number of hydrogen-bond donors (Lipinski definition) is 2. The minimum absolute atomic E-state index is 0.155. The summed E-state index contributed by atoms with van der Waals surface area (Å²) >= 11 is 0. The van der Waals surface area contributed by atoms with Crippen molar-refractivity contribution < 1.29 is 29.3 Å². The van der Waals surface area contributed by atoms with E-state index in [2.05, 4.69) is 6.92 Å². The van der Waals surface area contributed by atoms with Crippen LogP contribution in [0, 0.1) is 5.41 Å². The number of esters is 2. The summed E-state index contributed by atoms with van der Waals surface area (Å²) in [5, 5.41) is 18.7. The first kappa shape index (κ1) is 33.9. The van der Waals surface area contributed by atoms with Gasteiger partial charge in [0.1, 0.15) is 5.41 Å². The molecular formula is C29H56O6. The Morgan fingerprint density at radius 1 is 0.571 bits per heavy atom. The normalized spacial score (nSPS) is 11.5. The Bertz CT molecular complexity index is 481. The maximum absolute atomic E-state index is 12.0. The first-order valence-corrected chi connectivity index (χ1v) is 14.6. The van der Waals surface area contributed by atoms with Gasteiger partial charge in [-0.05, 0) is 32.1 Å². The third kappa shape index (κ3) is 18.7. The van der Waals surface area contributed by atoms with E-state index in [9.17, 15) is 19.8 Å². The lowest BCUT2D eigenvalue weighted by Gasteiger charge is -2.25. The van der Waals surface area contributed by atoms with Gasteiger partial charge in [-0.1, -0.05) is 104 Å². The van der Waals surface area contributed by atoms with Gasteiger partial charge in [-0.2, -0.15) is 0 Å². The fourth-order valence-corrected chi connectivity index (χ4v) is 4.14. The molecule has 0 rings (SSSR count). The van der Waals surface area contributed by atoms with E-state index < -0.39 is 24.6 Å². The van der Waals surface area contributed by atoms with Crippen molar-refractivity contribution in [3.63, 3.8) is 0 Å². The van der Waals surface area contributed by atoms with Gasteiger partial charge in [-0.3, -0.25) is 9.59 Å². The van der Waals surface area contributed by atoms with Crippen LogP contribution in [0.15, 0.2) is 0 Å². The van der Waals surface area contributed by atoms with Crippen molar-refractivity contribution in [3.05, 3.63) is 0 Å². The summed E-state index contributed by atoms with van der Waals surface area (Å²) in [6, 6.07) is 0. The van der Waals surface area contributed by atoms with Crippen LogP contribution < -0.4 is 0 Å². The molecule has 6 nitrogen and oxygen atoms in total. The Hall–Kier alpha value is -1.14. The molecule has 0 saturated heterocycles. The summed E-state index contributed by atoms with van der Waals surface area (Å²) in [4.78, 5) is 23.8. The molecule has 6 heteroatoms. The number of ether oxygens (including phenoxy) is 2. The van der Waals surface area contributed by atoms with Gasteiger partial charge in [0.25, 0.3) is 0 Å². The Kier molecular flexibility index (Phi) is 23.8. The number of unbranched alkanes of at least 4 members (excludes halogenated alkanes) is 16. The van der Waals surface area contributed by atoms with Gasteiger partial charge in [0, 0.05) is 6.42 Å². The van der Waals surface area contributed by atoms with Crippen molar-refractivity contribution in [2.45, 2.75) is 142 Å². The quantitative estimate of drug-likeness (QED) is 0.0992. The summed E-state index contributed by atoms with van der Waals surface area (Å²) in [6.45, 7) is 3.89. The predicted octanol–water partition coefficient (Wildman–Crippen LogP) is 6.89. The summed E-state index contributed by atoms with van der Waals surface area (Å²) in [5.74, 6) is -0.717. The van der Waals surface area contributed by atoms with Crippen LogP contribution in [-0.4, -0.2) is 48.6 Å². The van der Waals surface area contributed by atoms with Crippen LogP contribution in [0.1, 0.15) is 142 Å². The van der Waals surface area contributed by atoms with E-state index in [0.717, 1.165) is 19.3 Å². The molecule has 0 saturated carbocycles. The van der Waals surface area contributed by atoms with Crippen molar-refractivity contribution in [3.8, 4) is 0 Å². The van der Waals surface area contributed by atoms with Gasteiger partial charge in [-0.15, -0.1) is 0 Å². The highest BCUT2D eigenvalue weighted by atomic mass is 16.5. The lowest BCUT2D eigenvalue weighted by atomic mass is 9.87. The molecule has 35 heavy (non-hydrogen) atoms. The van der Waals surface area contributed by atoms with Gasteiger partial charge in [0.2, 0.25) is 0 Å². The highest BCUT2D eigenvalue weighted by Gasteiger charge is 2.37. The van der Waals surface area contributed by atoms with Crippen LogP contribution in [0.2, 0.25) is 0 Å². The molecule has 0 aromatic rings. The second-order valence-electron chi connectivity index (χ2n) is 10.1. The monoisotopic (exact) mass is 500 g/mol. The van der Waals surface area contributed by atoms with Crippen LogP contribution in [-0.2, 0) is 19.1 Å². The molecule has 0 aliphatic carbocycles. The molecular weight excluding hydrogens is 444 g/mol. The molecule has 0 aromatic heterocycles. The van der Waals surface area contributed by atoms with Gasteiger partial charge in [-0.25, -0.2) is 0 Å². The number of carbonyl (C=O) groups excluding carboxylic acids is 2. The molecule has 0 unspecified atom stereocenters. The zero-order valence-corrected chi connectivity index (χ0v) is 23.0. The summed E-state index contributed by atoms with van der Waals surface area (Å²) in [7, 11) is 0. The number of aliphatic hydroxyl groups is 2. The zero-order chi connectivity index (χ0) is 26.0. The highest BCUT2D eigenvalue weighted by molar-refractivity contribution is 5.77. The van der Waals surface area contributed by atoms with Crippen LogP contribution in [0.25, 0.3) is 0 Å². The van der Waals surface area contributed by atoms with Gasteiger partial charge in [0.15, 0.2) is 0 Å². The van der Waals surface area contributed by atoms with Crippen molar-refractivity contribution in [2.24, 2.45) is 5.41 Å². The Morgan fingerprint density at radius 3 is 1.40 bits per heavy atom. The summed E-state index contributed by atoms with van der Waals surface area (Å²) in [6.07, 6.45) is 22.6. The molecule has 0 spiro atoms. The third-order valence-corrected chi connectivity index (χ3v) is 6.98. The number of hydrogen-bond acceptors (Lipinski definition) is 6. The Balaban J connectivity index is 3.39. The second-order valence-corrected chi connectivity index (χ2v) is 10.1. The van der Waals surface area contributed by atoms with Gasteiger partial charge >= 0.3 is 11.9 Å². The summed E-state index contributed by atoms with van der Waals surface area (Å²) < 4.78 is 10.5. The second kappa shape index (κ2) is 24.5. The molecule has 0 aromatic carbocycles. The molecule has 208 valence electrons. The van der Waals surface area contributed by atoms with Crippen molar-refractivity contribution in [1.29, 1.82) is 0 Å². The first-order valence-electron chi connectivity index (χ1n) is 14.6. The van der Waals surface area contributed by atoms with E-state index >= 15 is 0 Å². The molecule has 0 heterocycles. The van der Waals surface area contributed by atoms with Crippen molar-refractivity contribution >= 4 is 11.9 Å². The summed E-state index contributed by atoms with van der Waals surface area (Å²) in [5.41, 5.74) is -1.21. The van der Waals surface area contributed by atoms with Crippen molar-refractivity contribution in [1.82, 2.24) is 0 Å². The van der Waals surface area contributed by atoms with Crippen LogP contribution in [0.3, 0.4) is 0 Å². The highest BCUT2D eigenvalue weighted by Crippen LogP contribution is 2.22. The smallest absolute Gasteiger partial charge is 0.316 e. The van der Waals surface area contributed by atoms with Crippen LogP contribution in [0.5, 0.6) is 0 Å². The average molecular weight is 501 g/mol.